The van der Waals surface area contributed by atoms with E-state index in [2.05, 4.69) is 4.98 Å². The Balaban J connectivity index is 2.44. The standard InChI is InChI=1S/C8H11ClN2O/c9-8-6(5-12)10-7-3-1-2-4-11(7)8/h12H,1-5H2. The van der Waals surface area contributed by atoms with Gasteiger partial charge in [0.2, 0.25) is 0 Å². The van der Waals surface area contributed by atoms with Gasteiger partial charge in [-0.2, -0.15) is 0 Å². The third kappa shape index (κ3) is 1.13. The fourth-order valence-corrected chi connectivity index (χ4v) is 1.89. The number of hydrogen-bond acceptors (Lipinski definition) is 2. The van der Waals surface area contributed by atoms with Gasteiger partial charge in [-0.1, -0.05) is 11.6 Å². The van der Waals surface area contributed by atoms with Crippen LogP contribution in [-0.4, -0.2) is 14.7 Å². The lowest BCUT2D eigenvalue weighted by atomic mass is 10.2. The maximum atomic E-state index is 8.91. The van der Waals surface area contributed by atoms with Gasteiger partial charge in [0, 0.05) is 13.0 Å². The first kappa shape index (κ1) is 8.08. The molecule has 0 bridgehead atoms. The van der Waals surface area contributed by atoms with Crippen LogP contribution in [0.5, 0.6) is 0 Å². The molecule has 0 amide bonds. The van der Waals surface area contributed by atoms with Gasteiger partial charge in [-0.15, -0.1) is 0 Å². The van der Waals surface area contributed by atoms with Gasteiger partial charge in [-0.3, -0.25) is 0 Å². The highest BCUT2D eigenvalue weighted by molar-refractivity contribution is 6.30. The first-order chi connectivity index (χ1) is 5.83. The van der Waals surface area contributed by atoms with E-state index in [0.717, 1.165) is 25.2 Å². The normalized spacial score (nSPS) is 16.2. The van der Waals surface area contributed by atoms with Crippen molar-refractivity contribution in [3.63, 3.8) is 0 Å². The van der Waals surface area contributed by atoms with E-state index in [1.165, 1.54) is 6.42 Å². The van der Waals surface area contributed by atoms with Gasteiger partial charge in [-0.25, -0.2) is 4.98 Å². The van der Waals surface area contributed by atoms with Crippen LogP contribution in [0.3, 0.4) is 0 Å². The molecule has 12 heavy (non-hydrogen) atoms. The molecule has 0 unspecified atom stereocenters. The third-order valence-corrected chi connectivity index (χ3v) is 2.65. The lowest BCUT2D eigenvalue weighted by Crippen LogP contribution is -2.10. The van der Waals surface area contributed by atoms with E-state index in [-0.39, 0.29) is 6.61 Å². The number of rotatable bonds is 1. The number of imidazole rings is 1. The number of aromatic nitrogens is 2. The van der Waals surface area contributed by atoms with Crippen LogP contribution in [0.25, 0.3) is 0 Å². The number of hydrogen-bond donors (Lipinski definition) is 1. The number of nitrogens with zero attached hydrogens (tertiary/aromatic N) is 2. The highest BCUT2D eigenvalue weighted by Gasteiger charge is 2.17. The molecule has 1 N–H and O–H groups in total. The van der Waals surface area contributed by atoms with Crippen molar-refractivity contribution in [2.75, 3.05) is 0 Å². The Labute approximate surface area is 76.0 Å². The van der Waals surface area contributed by atoms with Gasteiger partial charge in [0.15, 0.2) is 0 Å². The van der Waals surface area contributed by atoms with E-state index < -0.39 is 0 Å². The minimum absolute atomic E-state index is 0.0567. The molecule has 0 aromatic carbocycles. The van der Waals surface area contributed by atoms with Crippen molar-refractivity contribution >= 4 is 11.6 Å². The third-order valence-electron chi connectivity index (χ3n) is 2.23. The molecule has 1 aliphatic heterocycles. The molecule has 0 fully saturated rings. The Morgan fingerprint density at radius 2 is 2.33 bits per heavy atom. The molecule has 0 radical (unpaired) electrons. The summed E-state index contributed by atoms with van der Waals surface area (Å²) >= 11 is 5.98. The molecular weight excluding hydrogens is 176 g/mol. The van der Waals surface area contributed by atoms with Crippen molar-refractivity contribution in [2.45, 2.75) is 32.4 Å². The molecule has 66 valence electrons. The summed E-state index contributed by atoms with van der Waals surface area (Å²) in [5, 5.41) is 9.53. The van der Waals surface area contributed by atoms with Gasteiger partial charge in [0.25, 0.3) is 0 Å². The van der Waals surface area contributed by atoms with Crippen molar-refractivity contribution < 1.29 is 5.11 Å². The number of halogens is 1. The molecule has 2 rings (SSSR count). The summed E-state index contributed by atoms with van der Waals surface area (Å²) in [6.45, 7) is 0.889. The average molecular weight is 187 g/mol. The molecule has 0 aliphatic carbocycles. The van der Waals surface area contributed by atoms with E-state index in [4.69, 9.17) is 16.7 Å². The van der Waals surface area contributed by atoms with Crippen LogP contribution < -0.4 is 0 Å². The van der Waals surface area contributed by atoms with Crippen LogP contribution in [-0.2, 0) is 19.6 Å². The molecule has 0 saturated heterocycles. The van der Waals surface area contributed by atoms with E-state index in [1.54, 1.807) is 0 Å². The Kier molecular flexibility index (Phi) is 2.07. The summed E-state index contributed by atoms with van der Waals surface area (Å²) in [6.07, 6.45) is 3.33. The van der Waals surface area contributed by atoms with Crippen molar-refractivity contribution in [1.82, 2.24) is 9.55 Å². The highest BCUT2D eigenvalue weighted by Crippen LogP contribution is 2.23. The number of aliphatic hydroxyl groups excluding tert-OH is 1. The Hall–Kier alpha value is -0.540. The molecule has 3 nitrogen and oxygen atoms in total. The van der Waals surface area contributed by atoms with Gasteiger partial charge >= 0.3 is 0 Å². The van der Waals surface area contributed by atoms with Crippen molar-refractivity contribution in [3.05, 3.63) is 16.7 Å². The lowest BCUT2D eigenvalue weighted by molar-refractivity contribution is 0.277. The maximum absolute atomic E-state index is 8.91. The smallest absolute Gasteiger partial charge is 0.134 e. The van der Waals surface area contributed by atoms with Gasteiger partial charge < -0.3 is 9.67 Å². The number of aryl methyl sites for hydroxylation is 1. The molecule has 4 heteroatoms. The number of fused-ring (bicyclic) bond motifs is 1. The molecule has 0 saturated carbocycles. The molecule has 0 atom stereocenters. The summed E-state index contributed by atoms with van der Waals surface area (Å²) in [6, 6.07) is 0. The summed E-state index contributed by atoms with van der Waals surface area (Å²) in [7, 11) is 0. The monoisotopic (exact) mass is 186 g/mol. The van der Waals surface area contributed by atoms with E-state index in [0.29, 0.717) is 10.8 Å². The summed E-state index contributed by atoms with van der Waals surface area (Å²) in [4.78, 5) is 4.25. The summed E-state index contributed by atoms with van der Waals surface area (Å²) < 4.78 is 2.00. The first-order valence-electron chi connectivity index (χ1n) is 4.17. The predicted molar refractivity (Wildman–Crippen MR) is 46.1 cm³/mol. The van der Waals surface area contributed by atoms with Crippen molar-refractivity contribution in [3.8, 4) is 0 Å². The van der Waals surface area contributed by atoms with E-state index >= 15 is 0 Å². The molecule has 0 spiro atoms. The minimum atomic E-state index is -0.0567. The average Bonchev–Trinajstić information content (AvgIpc) is 2.44. The largest absolute Gasteiger partial charge is 0.390 e. The fraction of sp³-hybridized carbons (Fsp3) is 0.625. The zero-order valence-corrected chi connectivity index (χ0v) is 7.51. The molecule has 2 heterocycles. The van der Waals surface area contributed by atoms with Crippen LogP contribution in [0.15, 0.2) is 0 Å². The Morgan fingerprint density at radius 3 is 3.00 bits per heavy atom. The quantitative estimate of drug-likeness (QED) is 0.720. The summed E-state index contributed by atoms with van der Waals surface area (Å²) in [5.41, 5.74) is 0.619. The maximum Gasteiger partial charge on any atom is 0.134 e. The number of aliphatic hydroxyl groups is 1. The molecule has 1 aromatic heterocycles. The van der Waals surface area contributed by atoms with Crippen LogP contribution in [0.4, 0.5) is 0 Å². The Bertz CT molecular complexity index is 295. The fourth-order valence-electron chi connectivity index (χ4n) is 1.60. The van der Waals surface area contributed by atoms with Crippen LogP contribution in [0.2, 0.25) is 5.15 Å². The van der Waals surface area contributed by atoms with Gasteiger partial charge in [0.05, 0.1) is 6.61 Å². The second kappa shape index (κ2) is 3.07. The topological polar surface area (TPSA) is 38.1 Å². The molecular formula is C8H11ClN2O. The Morgan fingerprint density at radius 1 is 1.50 bits per heavy atom. The highest BCUT2D eigenvalue weighted by atomic mass is 35.5. The van der Waals surface area contributed by atoms with Crippen LogP contribution in [0, 0.1) is 0 Å². The van der Waals surface area contributed by atoms with Gasteiger partial charge in [-0.05, 0) is 12.8 Å². The van der Waals surface area contributed by atoms with Crippen LogP contribution in [0.1, 0.15) is 24.4 Å². The second-order valence-electron chi connectivity index (χ2n) is 3.03. The molecule has 1 aromatic rings. The summed E-state index contributed by atoms with van der Waals surface area (Å²) in [5.74, 6) is 1.02. The van der Waals surface area contributed by atoms with Gasteiger partial charge in [0.1, 0.15) is 16.7 Å². The van der Waals surface area contributed by atoms with Crippen molar-refractivity contribution in [2.24, 2.45) is 0 Å². The minimum Gasteiger partial charge on any atom is -0.390 e. The lowest BCUT2D eigenvalue weighted by Gasteiger charge is -2.13. The van der Waals surface area contributed by atoms with Crippen LogP contribution >= 0.6 is 11.6 Å². The van der Waals surface area contributed by atoms with Crippen molar-refractivity contribution in [1.29, 1.82) is 0 Å². The zero-order valence-electron chi connectivity index (χ0n) is 6.76. The SMILES string of the molecule is OCc1nc2n(c1Cl)CCCC2. The molecule has 1 aliphatic rings. The predicted octanol–water partition coefficient (Wildman–Crippen LogP) is 1.37. The first-order valence-corrected chi connectivity index (χ1v) is 4.55. The van der Waals surface area contributed by atoms with E-state index in [1.807, 2.05) is 4.57 Å². The van der Waals surface area contributed by atoms with E-state index in [9.17, 15) is 0 Å². The zero-order chi connectivity index (χ0) is 8.55. The second-order valence-corrected chi connectivity index (χ2v) is 3.39.